The van der Waals surface area contributed by atoms with Crippen LogP contribution in [0.4, 0.5) is 0 Å². The predicted molar refractivity (Wildman–Crippen MR) is 129 cm³/mol. The second-order valence-electron chi connectivity index (χ2n) is 8.07. The quantitative estimate of drug-likeness (QED) is 0.417. The van der Waals surface area contributed by atoms with Gasteiger partial charge in [0.05, 0.1) is 9.79 Å². The first-order chi connectivity index (χ1) is 16.0. The van der Waals surface area contributed by atoms with Gasteiger partial charge in [-0.15, -0.1) is 0 Å². The van der Waals surface area contributed by atoms with Crippen molar-refractivity contribution in [3.63, 3.8) is 0 Å². The van der Waals surface area contributed by atoms with E-state index in [9.17, 15) is 26.4 Å². The average molecular weight is 507 g/mol. The molecule has 0 aromatic heterocycles. The maximum absolute atomic E-state index is 13.4. The van der Waals surface area contributed by atoms with E-state index in [4.69, 9.17) is 0 Å². The van der Waals surface area contributed by atoms with Gasteiger partial charge in [-0.05, 0) is 49.2 Å². The molecule has 0 heterocycles. The SMILES string of the molecule is CCCN(CC)S(=O)(=O)c1ccc2c(c1)C(=O)c1cc(S(=O)(=O)N(CC)CCC)ccc1C2=O. The van der Waals surface area contributed by atoms with Crippen molar-refractivity contribution >= 4 is 31.6 Å². The van der Waals surface area contributed by atoms with E-state index >= 15 is 0 Å². The molecule has 0 bridgehead atoms. The average Bonchev–Trinajstić information content (AvgIpc) is 2.83. The number of ketones is 2. The van der Waals surface area contributed by atoms with Gasteiger partial charge in [-0.25, -0.2) is 16.8 Å². The highest BCUT2D eigenvalue weighted by Gasteiger charge is 2.34. The number of rotatable bonds is 10. The van der Waals surface area contributed by atoms with Gasteiger partial charge in [0.1, 0.15) is 0 Å². The topological polar surface area (TPSA) is 109 Å². The van der Waals surface area contributed by atoms with E-state index in [1.807, 2.05) is 13.8 Å². The molecule has 0 saturated carbocycles. The molecule has 1 aliphatic carbocycles. The maximum atomic E-state index is 13.4. The van der Waals surface area contributed by atoms with Gasteiger partial charge < -0.3 is 0 Å². The highest BCUT2D eigenvalue weighted by atomic mass is 32.2. The lowest BCUT2D eigenvalue weighted by Crippen LogP contribution is -2.32. The van der Waals surface area contributed by atoms with E-state index in [0.717, 1.165) is 0 Å². The number of sulfonamides is 2. The molecule has 0 atom stereocenters. The van der Waals surface area contributed by atoms with Gasteiger partial charge in [-0.1, -0.05) is 27.7 Å². The van der Waals surface area contributed by atoms with Crippen molar-refractivity contribution in [3.05, 3.63) is 58.7 Å². The molecule has 0 radical (unpaired) electrons. The zero-order valence-electron chi connectivity index (χ0n) is 19.9. The van der Waals surface area contributed by atoms with Gasteiger partial charge in [0.15, 0.2) is 11.6 Å². The van der Waals surface area contributed by atoms with Gasteiger partial charge in [0, 0.05) is 48.4 Å². The van der Waals surface area contributed by atoms with Crippen molar-refractivity contribution in [2.75, 3.05) is 26.2 Å². The Morgan fingerprint density at radius 2 is 0.941 bits per heavy atom. The van der Waals surface area contributed by atoms with Crippen LogP contribution in [-0.2, 0) is 20.0 Å². The molecule has 2 aromatic rings. The van der Waals surface area contributed by atoms with Crippen LogP contribution in [0.1, 0.15) is 72.4 Å². The van der Waals surface area contributed by atoms with Gasteiger partial charge in [0.2, 0.25) is 20.0 Å². The number of hydrogen-bond acceptors (Lipinski definition) is 6. The number of fused-ring (bicyclic) bond motifs is 2. The lowest BCUT2D eigenvalue weighted by atomic mass is 9.84. The predicted octanol–water partition coefficient (Wildman–Crippen LogP) is 3.30. The fourth-order valence-corrected chi connectivity index (χ4v) is 7.26. The zero-order chi connectivity index (χ0) is 25.3. The highest BCUT2D eigenvalue weighted by Crippen LogP contribution is 2.32. The summed E-state index contributed by atoms with van der Waals surface area (Å²) in [6.07, 6.45) is 1.26. The third-order valence-electron chi connectivity index (χ3n) is 5.89. The summed E-state index contributed by atoms with van der Waals surface area (Å²) in [5.41, 5.74) is 0.127. The normalized spacial score (nSPS) is 13.9. The molecule has 0 N–H and O–H groups in total. The maximum Gasteiger partial charge on any atom is 0.243 e. The highest BCUT2D eigenvalue weighted by molar-refractivity contribution is 7.89. The molecule has 1 aliphatic rings. The second-order valence-corrected chi connectivity index (χ2v) is 11.9. The molecule has 184 valence electrons. The Bertz CT molecular complexity index is 1230. The number of nitrogens with zero attached hydrogens (tertiary/aromatic N) is 2. The molecule has 8 nitrogen and oxygen atoms in total. The summed E-state index contributed by atoms with van der Waals surface area (Å²) in [5.74, 6) is -1.02. The standard InChI is InChI=1S/C24H30N2O6S2/c1-5-13-25(7-3)33(29,30)17-9-11-19-21(15-17)24(28)22-16-18(10-12-20(22)23(19)27)34(31,32)26(8-4)14-6-2/h9-12,15-16H,5-8,13-14H2,1-4H3. The number of hydrogen-bond donors (Lipinski definition) is 0. The van der Waals surface area contributed by atoms with Crippen molar-refractivity contribution in [1.29, 1.82) is 0 Å². The van der Waals surface area contributed by atoms with E-state index < -0.39 is 31.6 Å². The van der Waals surface area contributed by atoms with E-state index in [2.05, 4.69) is 0 Å². The first-order valence-corrected chi connectivity index (χ1v) is 14.3. The number of carbonyl (C=O) groups is 2. The minimum atomic E-state index is -3.85. The van der Waals surface area contributed by atoms with Crippen LogP contribution in [-0.4, -0.2) is 63.2 Å². The molecule has 3 rings (SSSR count). The summed E-state index contributed by atoms with van der Waals surface area (Å²) in [7, 11) is -7.70. The van der Waals surface area contributed by atoms with Crippen LogP contribution in [0.15, 0.2) is 46.2 Å². The molecule has 0 amide bonds. The molecular formula is C24H30N2O6S2. The van der Waals surface area contributed by atoms with Crippen LogP contribution >= 0.6 is 0 Å². The van der Waals surface area contributed by atoms with Gasteiger partial charge >= 0.3 is 0 Å². The number of benzene rings is 2. The van der Waals surface area contributed by atoms with Crippen molar-refractivity contribution in [2.45, 2.75) is 50.3 Å². The summed E-state index contributed by atoms with van der Waals surface area (Å²) in [6.45, 7) is 8.42. The van der Waals surface area contributed by atoms with E-state index in [1.165, 1.54) is 45.0 Å². The molecule has 0 saturated heterocycles. The summed E-state index contributed by atoms with van der Waals surface area (Å²) in [4.78, 5) is 26.3. The molecule has 0 aliphatic heterocycles. The van der Waals surface area contributed by atoms with Crippen LogP contribution in [0.2, 0.25) is 0 Å². The van der Waals surface area contributed by atoms with Gasteiger partial charge in [-0.2, -0.15) is 8.61 Å². The summed E-state index contributed by atoms with van der Waals surface area (Å²) in [5, 5.41) is 0. The zero-order valence-corrected chi connectivity index (χ0v) is 21.5. The Balaban J connectivity index is 2.11. The summed E-state index contributed by atoms with van der Waals surface area (Å²) >= 11 is 0. The molecule has 0 fully saturated rings. The second kappa shape index (κ2) is 10.1. The van der Waals surface area contributed by atoms with Gasteiger partial charge in [0.25, 0.3) is 0 Å². The van der Waals surface area contributed by atoms with Crippen molar-refractivity contribution in [2.24, 2.45) is 0 Å². The minimum Gasteiger partial charge on any atom is -0.289 e. The first kappa shape index (κ1) is 26.2. The first-order valence-electron chi connectivity index (χ1n) is 11.4. The Kier molecular flexibility index (Phi) is 7.76. The fraction of sp³-hybridized carbons (Fsp3) is 0.417. The summed E-state index contributed by atoms with van der Waals surface area (Å²) < 4.78 is 54.9. The molecular weight excluding hydrogens is 476 g/mol. The Labute approximate surface area is 201 Å². The van der Waals surface area contributed by atoms with Crippen LogP contribution < -0.4 is 0 Å². The Morgan fingerprint density at radius 1 is 0.588 bits per heavy atom. The summed E-state index contributed by atoms with van der Waals surface area (Å²) in [6, 6.07) is 7.84. The largest absolute Gasteiger partial charge is 0.289 e. The lowest BCUT2D eigenvalue weighted by molar-refractivity contribution is 0.0978. The van der Waals surface area contributed by atoms with E-state index in [-0.39, 0.29) is 45.1 Å². The fourth-order valence-electron chi connectivity index (χ4n) is 4.12. The smallest absolute Gasteiger partial charge is 0.243 e. The minimum absolute atomic E-state index is 0.0402. The Hall–Kier alpha value is -2.40. The van der Waals surface area contributed by atoms with Crippen LogP contribution in [0.5, 0.6) is 0 Å². The number of carbonyl (C=O) groups excluding carboxylic acids is 2. The monoisotopic (exact) mass is 506 g/mol. The third kappa shape index (κ3) is 4.47. The van der Waals surface area contributed by atoms with Gasteiger partial charge in [-0.3, -0.25) is 9.59 Å². The van der Waals surface area contributed by atoms with Crippen molar-refractivity contribution in [3.8, 4) is 0 Å². The Morgan fingerprint density at radius 3 is 1.26 bits per heavy atom. The molecule has 2 aromatic carbocycles. The third-order valence-corrected chi connectivity index (χ3v) is 9.83. The van der Waals surface area contributed by atoms with Crippen LogP contribution in [0, 0.1) is 0 Å². The molecule has 0 unspecified atom stereocenters. The van der Waals surface area contributed by atoms with Crippen LogP contribution in [0.3, 0.4) is 0 Å². The molecule has 10 heteroatoms. The van der Waals surface area contributed by atoms with Crippen LogP contribution in [0.25, 0.3) is 0 Å². The molecule has 34 heavy (non-hydrogen) atoms. The van der Waals surface area contributed by atoms with E-state index in [0.29, 0.717) is 25.9 Å². The van der Waals surface area contributed by atoms with Crippen molar-refractivity contribution < 1.29 is 26.4 Å². The lowest BCUT2D eigenvalue weighted by Gasteiger charge is -2.23. The molecule has 0 spiro atoms. The van der Waals surface area contributed by atoms with E-state index in [1.54, 1.807) is 13.8 Å². The van der Waals surface area contributed by atoms with Crippen molar-refractivity contribution in [1.82, 2.24) is 8.61 Å².